The van der Waals surface area contributed by atoms with Crippen molar-refractivity contribution in [1.29, 1.82) is 0 Å². The van der Waals surface area contributed by atoms with E-state index in [0.29, 0.717) is 55.4 Å². The van der Waals surface area contributed by atoms with Crippen molar-refractivity contribution in [1.82, 2.24) is 75.6 Å². The highest BCUT2D eigenvalue weighted by atomic mass is 16.5. The van der Waals surface area contributed by atoms with Gasteiger partial charge in [-0.2, -0.15) is 0 Å². The molecule has 41 nitrogen and oxygen atoms in total. The highest BCUT2D eigenvalue weighted by Gasteiger charge is 2.26. The molecule has 0 saturated carbocycles. The summed E-state index contributed by atoms with van der Waals surface area (Å²) >= 11 is 0. The molecule has 15 N–H and O–H groups in total. The van der Waals surface area contributed by atoms with Crippen LogP contribution in [0.1, 0.15) is 99.6 Å². The Morgan fingerprint density at radius 3 is 1.10 bits per heavy atom. The van der Waals surface area contributed by atoms with Gasteiger partial charge in [0.25, 0.3) is 0 Å². The van der Waals surface area contributed by atoms with Crippen LogP contribution < -0.4 is 30.7 Å². The summed E-state index contributed by atoms with van der Waals surface area (Å²) in [4.78, 5) is 176. The summed E-state index contributed by atoms with van der Waals surface area (Å²) in [6.07, 6.45) is 6.26. The van der Waals surface area contributed by atoms with Gasteiger partial charge in [0.2, 0.25) is 23.6 Å². The molecule has 2 aromatic heterocycles. The lowest BCUT2D eigenvalue weighted by Gasteiger charge is -2.27. The van der Waals surface area contributed by atoms with Gasteiger partial charge in [-0.1, -0.05) is 13.8 Å². The lowest BCUT2D eigenvalue weighted by molar-refractivity contribution is -0.144. The Kier molecular flexibility index (Phi) is 42.8. The quantitative estimate of drug-likeness (QED) is 0.0318. The monoisotopic (exact) mass is 1650 g/mol. The number of benzene rings is 1. The first-order valence-electron chi connectivity index (χ1n) is 38.2. The van der Waals surface area contributed by atoms with Crippen molar-refractivity contribution in [3.8, 4) is 11.5 Å². The Labute approximate surface area is 674 Å². The van der Waals surface area contributed by atoms with E-state index in [1.807, 2.05) is 26.0 Å². The summed E-state index contributed by atoms with van der Waals surface area (Å²) in [7, 11) is 0. The van der Waals surface area contributed by atoms with Crippen LogP contribution in [0.4, 0.5) is 0 Å². The number of ether oxygens (including phenoxy) is 4. The Bertz CT molecular complexity index is 4160. The molecule has 117 heavy (non-hydrogen) atoms. The van der Waals surface area contributed by atoms with Gasteiger partial charge >= 0.3 is 47.8 Å². The maximum Gasteiger partial charge on any atom is 0.317 e. The van der Waals surface area contributed by atoms with Crippen LogP contribution in [0.25, 0.3) is 44.4 Å². The molecule has 4 amide bonds. The van der Waals surface area contributed by atoms with Gasteiger partial charge in [0.05, 0.1) is 170 Å². The predicted octanol–water partition coefficient (Wildman–Crippen LogP) is -0.469. The van der Waals surface area contributed by atoms with Crippen molar-refractivity contribution >= 4 is 116 Å². The van der Waals surface area contributed by atoms with Crippen molar-refractivity contribution in [2.45, 2.75) is 79.1 Å². The van der Waals surface area contributed by atoms with Crippen molar-refractivity contribution in [3.63, 3.8) is 0 Å². The van der Waals surface area contributed by atoms with Crippen LogP contribution in [0.5, 0.6) is 11.5 Å². The fourth-order valence-corrected chi connectivity index (χ4v) is 12.6. The summed E-state index contributed by atoms with van der Waals surface area (Å²) in [5.74, 6) is -12.0. The lowest BCUT2D eigenvalue weighted by atomic mass is 9.98. The number of fused-ring (bicyclic) bond motifs is 7. The molecule has 0 spiro atoms. The molecule has 3 aromatic rings. The summed E-state index contributed by atoms with van der Waals surface area (Å²) in [5.41, 5.74) is 10.4. The van der Waals surface area contributed by atoms with E-state index in [0.717, 1.165) is 60.1 Å². The number of aliphatic carboxylic acids is 8. The number of hydrogen-bond acceptors (Lipinski definition) is 28. The minimum Gasteiger partial charge on any atom is -0.489 e. The molecule has 4 heterocycles. The maximum absolute atomic E-state index is 13.3. The van der Waals surface area contributed by atoms with Gasteiger partial charge in [0, 0.05) is 109 Å². The van der Waals surface area contributed by atoms with E-state index in [-0.39, 0.29) is 167 Å². The zero-order chi connectivity index (χ0) is 85.9. The van der Waals surface area contributed by atoms with Crippen LogP contribution in [0, 0.1) is 6.92 Å². The number of nitrogens with zero attached hydrogens (tertiary/aromatic N) is 10. The SMILES string of the molecule is CCC1=C(CC)c2cc3[nH]c(cnc4cc(OCCC(=O)NCCOCCNC(=O)CN(CCN(CCN(CC(=O)O)CC(=O)O)CC(=O)O)CC(=O)O)c(OCCC(=O)NCCOCCNC(=O)CN(CCN(CCN(CC(=O)O)CC(=O)O)CC(=O)O)CC(=O)O)cc4ncc4nc(cc1n2)C(CCCO)=C4C)c(C)c3CCCO. The molecule has 644 valence electrons. The molecule has 1 aromatic carbocycles. The molecule has 2 aliphatic rings. The zero-order valence-corrected chi connectivity index (χ0v) is 66.3. The van der Waals surface area contributed by atoms with Gasteiger partial charge in [-0.05, 0) is 97.9 Å². The van der Waals surface area contributed by atoms with Crippen LogP contribution >= 0.6 is 0 Å². The minimum atomic E-state index is -1.29. The molecule has 2 aliphatic heterocycles. The van der Waals surface area contributed by atoms with Crippen LogP contribution in [0.3, 0.4) is 0 Å². The summed E-state index contributed by atoms with van der Waals surface area (Å²) in [5, 5.41) is 106. The van der Waals surface area contributed by atoms with Crippen molar-refractivity contribution in [3.05, 3.63) is 70.6 Å². The molecule has 0 aliphatic carbocycles. The Morgan fingerprint density at radius 2 is 0.718 bits per heavy atom. The van der Waals surface area contributed by atoms with Gasteiger partial charge in [0.15, 0.2) is 11.5 Å². The number of carbonyl (C=O) groups is 12. The molecule has 0 unspecified atom stereocenters. The normalized spacial score (nSPS) is 12.1. The third-order valence-corrected chi connectivity index (χ3v) is 18.2. The molecule has 0 fully saturated rings. The molecular formula is C76H109N15O26. The third-order valence-electron chi connectivity index (χ3n) is 18.2. The number of nitrogens with one attached hydrogen (secondary N) is 5. The summed E-state index contributed by atoms with van der Waals surface area (Å²) in [6.45, 7) is 1.27. The number of carbonyl (C=O) groups excluding carboxylic acids is 4. The number of H-pyrrole nitrogens is 1. The van der Waals surface area contributed by atoms with E-state index >= 15 is 0 Å². The van der Waals surface area contributed by atoms with E-state index in [1.165, 1.54) is 19.6 Å². The van der Waals surface area contributed by atoms with E-state index < -0.39 is 137 Å². The summed E-state index contributed by atoms with van der Waals surface area (Å²) < 4.78 is 23.9. The van der Waals surface area contributed by atoms with E-state index in [9.17, 15) is 109 Å². The number of aliphatic hydroxyl groups excluding tert-OH is 2. The Balaban J connectivity index is 1.30. The number of aromatic nitrogens is 5. The number of amides is 4. The van der Waals surface area contributed by atoms with Crippen LogP contribution in [-0.2, 0) is 73.4 Å². The van der Waals surface area contributed by atoms with Crippen LogP contribution in [0.2, 0.25) is 0 Å². The highest BCUT2D eigenvalue weighted by Crippen LogP contribution is 2.39. The molecule has 5 rings (SSSR count). The van der Waals surface area contributed by atoms with Crippen molar-refractivity contribution in [2.24, 2.45) is 0 Å². The molecule has 6 bridgehead atoms. The van der Waals surface area contributed by atoms with Crippen molar-refractivity contribution < 1.29 is 128 Å². The first-order valence-corrected chi connectivity index (χ1v) is 38.2. The number of aliphatic hydroxyl groups is 2. The third kappa shape index (κ3) is 36.4. The van der Waals surface area contributed by atoms with Gasteiger partial charge < -0.3 is 96.3 Å². The molecule has 0 radical (unpaired) electrons. The van der Waals surface area contributed by atoms with Gasteiger partial charge in [-0.25, -0.2) is 9.97 Å². The second kappa shape index (κ2) is 51.8. The van der Waals surface area contributed by atoms with Gasteiger partial charge in [0.1, 0.15) is 0 Å². The average Bonchev–Trinajstić information content (AvgIpc) is 1.66. The topological polar surface area (TPSA) is 579 Å². The van der Waals surface area contributed by atoms with Crippen LogP contribution in [0.15, 0.2) is 36.7 Å². The molecule has 41 heteroatoms. The molecule has 0 saturated heterocycles. The predicted molar refractivity (Wildman–Crippen MR) is 421 cm³/mol. The summed E-state index contributed by atoms with van der Waals surface area (Å²) in [6, 6.07) is 7.15. The first kappa shape index (κ1) is 96.6. The number of rotatable bonds is 60. The average molecular weight is 1650 g/mol. The number of aromatic amines is 1. The second-order valence-electron chi connectivity index (χ2n) is 27.2. The number of carboxylic acid groups (broad SMARTS) is 8. The highest BCUT2D eigenvalue weighted by molar-refractivity contribution is 5.96. The first-order chi connectivity index (χ1) is 55.9. The fraction of sp³-hybridized carbons (Fsp3) is 0.553. The van der Waals surface area contributed by atoms with E-state index in [2.05, 4.69) is 40.1 Å². The number of aryl methyl sites for hydroxylation is 2. The maximum atomic E-state index is 13.3. The zero-order valence-electron chi connectivity index (χ0n) is 66.3. The van der Waals surface area contributed by atoms with Gasteiger partial charge in [-0.15, -0.1) is 0 Å². The Morgan fingerprint density at radius 1 is 0.385 bits per heavy atom. The molecule has 0 atom stereocenters. The number of carboxylic acids is 8. The smallest absolute Gasteiger partial charge is 0.317 e. The lowest BCUT2D eigenvalue weighted by Crippen LogP contribution is -2.46. The minimum absolute atomic E-state index is 0.00774. The second-order valence-corrected chi connectivity index (χ2v) is 27.2. The number of allylic oxidation sites excluding steroid dienone is 4. The van der Waals surface area contributed by atoms with Crippen LogP contribution in [-0.4, -0.2) is 374 Å². The largest absolute Gasteiger partial charge is 0.489 e. The van der Waals surface area contributed by atoms with E-state index in [1.54, 1.807) is 24.5 Å². The Hall–Kier alpha value is -11.0. The molecular weight excluding hydrogens is 1540 g/mol. The fourth-order valence-electron chi connectivity index (χ4n) is 12.6. The van der Waals surface area contributed by atoms with Gasteiger partial charge in [-0.3, -0.25) is 96.9 Å². The number of hydrogen-bond donors (Lipinski definition) is 15. The van der Waals surface area contributed by atoms with E-state index in [4.69, 9.17) is 38.9 Å². The van der Waals surface area contributed by atoms with Crippen molar-refractivity contribution in [2.75, 3.05) is 197 Å². The standard InChI is InChI=1S/C76H109N15O26/c1-5-51-52(6-2)56-34-58-54(10-8-26-93)50(4)62(85-58)38-82-60-36-64(117-28-12-66(95)78-14-30-115-32-16-80-68(97)40-89(44-72(104)105)22-18-87(42-70(100)101)20-24-91(47-75(110)111)48-76(112)113)63(35-59(60)81-37-61-49(3)53(9-7-25-92)57(84-61)33-55(51)83-56)116-27-11-65(94)77-13-29-114-31-15-79-67(96)39-88(43-71(102)103)21-17-86(41-69(98)99)19-23-90(45-73(106)107)46-74(108)109/h33-38,84,92-93H,5-32,39-48H2,1-4H3,(H,77,94)(H,78,95)(H,79,96)(H,80,97)(H,98,99)(H,100,101)(H,102,103)(H,104,105)(H,106,107)(H,108,109)(H,110,111)(H,112,113).